The maximum absolute atomic E-state index is 5.73. The van der Waals surface area contributed by atoms with Gasteiger partial charge in [0.05, 0.1) is 5.69 Å². The van der Waals surface area contributed by atoms with E-state index in [0.29, 0.717) is 5.13 Å². The van der Waals surface area contributed by atoms with Crippen LogP contribution in [0.25, 0.3) is 16.8 Å². The number of nitrogen functional groups attached to an aromatic ring is 1. The predicted molar refractivity (Wildman–Crippen MR) is 103 cm³/mol. The van der Waals surface area contributed by atoms with Crippen molar-refractivity contribution in [3.8, 4) is 11.3 Å². The van der Waals surface area contributed by atoms with Crippen LogP contribution < -0.4 is 5.73 Å². The highest BCUT2D eigenvalue weighted by molar-refractivity contribution is 7.13. The Bertz CT molecular complexity index is 766. The Morgan fingerprint density at radius 3 is 2.74 bits per heavy atom. The van der Waals surface area contributed by atoms with Gasteiger partial charge in [-0.2, -0.15) is 0 Å². The Morgan fingerprint density at radius 1 is 1.30 bits per heavy atom. The molecule has 4 heteroatoms. The number of allylic oxidation sites excluding steroid dienone is 4. The van der Waals surface area contributed by atoms with Crippen LogP contribution >= 0.6 is 11.3 Å². The lowest BCUT2D eigenvalue weighted by Crippen LogP contribution is -1.90. The number of nitrogens with two attached hydrogens (primary N) is 1. The molecule has 0 aliphatic heterocycles. The molecule has 3 nitrogen and oxygen atoms in total. The number of aromatic nitrogens is 1. The van der Waals surface area contributed by atoms with Crippen molar-refractivity contribution in [1.29, 1.82) is 0 Å². The van der Waals surface area contributed by atoms with Crippen LogP contribution in [-0.4, -0.2) is 10.7 Å². The molecular weight excluding hydrogens is 302 g/mol. The van der Waals surface area contributed by atoms with Crippen molar-refractivity contribution in [2.75, 3.05) is 5.73 Å². The average Bonchev–Trinajstić information content (AvgIpc) is 2.94. The van der Waals surface area contributed by atoms with E-state index in [9.17, 15) is 0 Å². The van der Waals surface area contributed by atoms with Gasteiger partial charge in [-0.05, 0) is 50.5 Å². The molecule has 0 amide bonds. The molecule has 0 atom stereocenters. The van der Waals surface area contributed by atoms with E-state index in [1.54, 1.807) is 0 Å². The normalized spacial score (nSPS) is 13.5. The van der Waals surface area contributed by atoms with Crippen LogP contribution in [0.2, 0.25) is 0 Å². The maximum Gasteiger partial charge on any atom is 0.180 e. The Labute approximate surface area is 142 Å². The summed E-state index contributed by atoms with van der Waals surface area (Å²) in [5, 5.41) is 2.58. The molecule has 2 N–H and O–H groups in total. The van der Waals surface area contributed by atoms with E-state index in [-0.39, 0.29) is 0 Å². The minimum absolute atomic E-state index is 0.596. The van der Waals surface area contributed by atoms with Gasteiger partial charge in [0.1, 0.15) is 0 Å². The summed E-state index contributed by atoms with van der Waals surface area (Å²) in [6.07, 6.45) is 5.24. The molecular formula is C19H23N3S. The summed E-state index contributed by atoms with van der Waals surface area (Å²) >= 11 is 1.46. The van der Waals surface area contributed by atoms with Gasteiger partial charge in [-0.3, -0.25) is 4.99 Å². The molecule has 23 heavy (non-hydrogen) atoms. The Kier molecular flexibility index (Phi) is 5.88. The monoisotopic (exact) mass is 325 g/mol. The van der Waals surface area contributed by atoms with Crippen LogP contribution in [0, 0.1) is 0 Å². The van der Waals surface area contributed by atoms with E-state index >= 15 is 0 Å². The van der Waals surface area contributed by atoms with E-state index in [1.165, 1.54) is 22.5 Å². The van der Waals surface area contributed by atoms with Crippen LogP contribution in [0.3, 0.4) is 0 Å². The Balaban J connectivity index is 2.27. The van der Waals surface area contributed by atoms with Crippen LogP contribution in [0.1, 0.15) is 39.7 Å². The third-order valence-electron chi connectivity index (χ3n) is 3.41. The van der Waals surface area contributed by atoms with E-state index in [4.69, 9.17) is 5.73 Å². The van der Waals surface area contributed by atoms with Gasteiger partial charge in [0.25, 0.3) is 0 Å². The zero-order valence-corrected chi connectivity index (χ0v) is 14.9. The number of hydrogen-bond donors (Lipinski definition) is 1. The molecule has 1 heterocycles. The van der Waals surface area contributed by atoms with Gasteiger partial charge in [-0.25, -0.2) is 4.98 Å². The third kappa shape index (κ3) is 4.89. The predicted octanol–water partition coefficient (Wildman–Crippen LogP) is 5.57. The minimum atomic E-state index is 0.596. The minimum Gasteiger partial charge on any atom is -0.375 e. The highest BCUT2D eigenvalue weighted by Gasteiger charge is 2.04. The first-order valence-electron chi connectivity index (χ1n) is 7.71. The molecule has 0 aliphatic rings. The van der Waals surface area contributed by atoms with Crippen molar-refractivity contribution in [3.05, 3.63) is 53.1 Å². The zero-order valence-electron chi connectivity index (χ0n) is 14.1. The highest BCUT2D eigenvalue weighted by atomic mass is 32.1. The fraction of sp³-hybridized carbons (Fsp3) is 0.263. The molecule has 0 fully saturated rings. The van der Waals surface area contributed by atoms with Gasteiger partial charge >= 0.3 is 0 Å². The number of rotatable bonds is 5. The van der Waals surface area contributed by atoms with E-state index in [1.807, 2.05) is 25.3 Å². The first kappa shape index (κ1) is 17.2. The van der Waals surface area contributed by atoms with Crippen molar-refractivity contribution in [1.82, 2.24) is 4.98 Å². The molecule has 120 valence electrons. The Hall–Kier alpha value is -2.20. The second-order valence-electron chi connectivity index (χ2n) is 5.49. The number of thiazole rings is 1. The smallest absolute Gasteiger partial charge is 0.180 e. The molecule has 1 aromatic heterocycles. The number of benzene rings is 1. The van der Waals surface area contributed by atoms with Gasteiger partial charge in [-0.15, -0.1) is 11.3 Å². The topological polar surface area (TPSA) is 51.3 Å². The molecule has 0 saturated carbocycles. The van der Waals surface area contributed by atoms with Gasteiger partial charge in [-0.1, -0.05) is 31.2 Å². The van der Waals surface area contributed by atoms with E-state index in [2.05, 4.69) is 54.2 Å². The van der Waals surface area contributed by atoms with Crippen molar-refractivity contribution in [3.63, 3.8) is 0 Å². The summed E-state index contributed by atoms with van der Waals surface area (Å²) in [4.78, 5) is 8.94. The van der Waals surface area contributed by atoms with E-state index in [0.717, 1.165) is 29.1 Å². The molecule has 2 rings (SSSR count). The number of anilines is 1. The summed E-state index contributed by atoms with van der Waals surface area (Å²) in [7, 11) is 0. The van der Waals surface area contributed by atoms with Gasteiger partial charge < -0.3 is 5.73 Å². The molecule has 0 spiro atoms. The second kappa shape index (κ2) is 7.88. The number of aliphatic imine (C=N–C) groups is 1. The van der Waals surface area contributed by atoms with Crippen molar-refractivity contribution in [2.24, 2.45) is 4.99 Å². The summed E-state index contributed by atoms with van der Waals surface area (Å²) in [5.41, 5.74) is 12.1. The quantitative estimate of drug-likeness (QED) is 0.731. The lowest BCUT2D eigenvalue weighted by Gasteiger charge is -2.05. The zero-order chi connectivity index (χ0) is 16.8. The summed E-state index contributed by atoms with van der Waals surface area (Å²) in [5.74, 6) is 0. The van der Waals surface area contributed by atoms with Gasteiger partial charge in [0, 0.05) is 22.4 Å². The maximum atomic E-state index is 5.73. The molecule has 1 aromatic carbocycles. The lowest BCUT2D eigenvalue weighted by atomic mass is 10.0. The summed E-state index contributed by atoms with van der Waals surface area (Å²) < 4.78 is 0. The molecule has 0 saturated heterocycles. The summed E-state index contributed by atoms with van der Waals surface area (Å²) in [6.45, 7) is 8.28. The van der Waals surface area contributed by atoms with Gasteiger partial charge in [0.15, 0.2) is 5.13 Å². The van der Waals surface area contributed by atoms with Crippen LogP contribution in [0.5, 0.6) is 0 Å². The largest absolute Gasteiger partial charge is 0.375 e. The SMILES string of the molecule is CC/C=C(C)/N=C(C)\C=C(/C)c1cccc(-c2csc(N)n2)c1. The highest BCUT2D eigenvalue weighted by Crippen LogP contribution is 2.26. The number of hydrogen-bond acceptors (Lipinski definition) is 4. The van der Waals surface area contributed by atoms with Gasteiger partial charge in [0.2, 0.25) is 0 Å². The van der Waals surface area contributed by atoms with E-state index < -0.39 is 0 Å². The van der Waals surface area contributed by atoms with Crippen LogP contribution in [0.4, 0.5) is 5.13 Å². The van der Waals surface area contributed by atoms with Crippen LogP contribution in [0.15, 0.2) is 52.5 Å². The molecule has 0 radical (unpaired) electrons. The second-order valence-corrected chi connectivity index (χ2v) is 6.38. The fourth-order valence-electron chi connectivity index (χ4n) is 2.39. The number of nitrogens with zero attached hydrogens (tertiary/aromatic N) is 2. The molecule has 2 aromatic rings. The average molecular weight is 325 g/mol. The third-order valence-corrected chi connectivity index (χ3v) is 4.09. The molecule has 0 bridgehead atoms. The first-order valence-corrected chi connectivity index (χ1v) is 8.59. The van der Waals surface area contributed by atoms with Crippen molar-refractivity contribution < 1.29 is 0 Å². The molecule has 0 aliphatic carbocycles. The molecule has 0 unspecified atom stereocenters. The van der Waals surface area contributed by atoms with Crippen molar-refractivity contribution in [2.45, 2.75) is 34.1 Å². The van der Waals surface area contributed by atoms with Crippen LogP contribution in [-0.2, 0) is 0 Å². The van der Waals surface area contributed by atoms with Crippen molar-refractivity contribution >= 4 is 27.8 Å². The standard InChI is InChI=1S/C19H23N3S/c1-5-7-14(3)21-15(4)10-13(2)16-8-6-9-17(11-16)18-12-23-19(20)22-18/h6-12H,5H2,1-4H3,(H2,20,22)/b13-10+,14-7+,21-15-. The lowest BCUT2D eigenvalue weighted by molar-refractivity contribution is 1.15. The Morgan fingerprint density at radius 2 is 2.09 bits per heavy atom. The fourth-order valence-corrected chi connectivity index (χ4v) is 2.96. The summed E-state index contributed by atoms with van der Waals surface area (Å²) in [6, 6.07) is 8.35. The first-order chi connectivity index (χ1) is 11.0.